The third kappa shape index (κ3) is 2.38. The lowest BCUT2D eigenvalue weighted by molar-refractivity contribution is -0.133. The van der Waals surface area contributed by atoms with Crippen LogP contribution in [0.1, 0.15) is 31.2 Å². The predicted molar refractivity (Wildman–Crippen MR) is 77.4 cm³/mol. The fraction of sp³-hybridized carbons (Fsp3) is 0.562. The molecule has 1 atom stereocenters. The summed E-state index contributed by atoms with van der Waals surface area (Å²) in [5.41, 5.74) is 0.998. The lowest BCUT2D eigenvalue weighted by Gasteiger charge is -2.23. The van der Waals surface area contributed by atoms with E-state index in [-0.39, 0.29) is 5.41 Å². The molecule has 0 radical (unpaired) electrons. The number of hydrogen-bond donors (Lipinski definition) is 0. The van der Waals surface area contributed by atoms with Crippen molar-refractivity contribution >= 4 is 17.5 Å². The molecule has 1 unspecified atom stereocenters. The van der Waals surface area contributed by atoms with Gasteiger partial charge in [-0.05, 0) is 37.2 Å². The Balaban J connectivity index is 1.71. The summed E-state index contributed by atoms with van der Waals surface area (Å²) in [5, 5.41) is 0. The van der Waals surface area contributed by atoms with Gasteiger partial charge in [0.05, 0.1) is 5.41 Å². The minimum atomic E-state index is -0.197. The van der Waals surface area contributed by atoms with Gasteiger partial charge in [-0.1, -0.05) is 30.3 Å². The first-order valence-corrected chi connectivity index (χ1v) is 7.70. The van der Waals surface area contributed by atoms with Gasteiger partial charge >= 0.3 is 0 Å². The maximum absolute atomic E-state index is 12.8. The van der Waals surface area contributed by atoms with Crippen molar-refractivity contribution in [3.63, 3.8) is 0 Å². The molecule has 1 aromatic rings. The average molecular weight is 278 g/mol. The molecular weight excluding hydrogens is 258 g/mol. The van der Waals surface area contributed by atoms with Crippen LogP contribution < -0.4 is 0 Å². The number of amides is 1. The molecule has 1 aromatic carbocycles. The molecule has 102 valence electrons. The van der Waals surface area contributed by atoms with Crippen molar-refractivity contribution in [2.45, 2.75) is 31.1 Å². The molecule has 2 nitrogen and oxygen atoms in total. The normalized spacial score (nSPS) is 24.5. The van der Waals surface area contributed by atoms with E-state index in [1.807, 2.05) is 18.2 Å². The quantitative estimate of drug-likeness (QED) is 0.774. The molecule has 0 N–H and O–H groups in total. The van der Waals surface area contributed by atoms with Gasteiger partial charge in [-0.3, -0.25) is 4.79 Å². The Morgan fingerprint density at radius 3 is 2.68 bits per heavy atom. The average Bonchev–Trinajstić information content (AvgIpc) is 3.14. The smallest absolute Gasteiger partial charge is 0.233 e. The maximum atomic E-state index is 12.8. The Bertz CT molecular complexity index is 455. The highest BCUT2D eigenvalue weighted by Crippen LogP contribution is 2.50. The van der Waals surface area contributed by atoms with Crippen molar-refractivity contribution in [2.75, 3.05) is 19.0 Å². The second-order valence-corrected chi connectivity index (χ2v) is 6.21. The number of alkyl halides is 1. The highest BCUT2D eigenvalue weighted by molar-refractivity contribution is 6.17. The SMILES string of the molecule is O=C(N1CCC(CCCl)C1)C1(c2ccccc2)CC1. The molecule has 2 aliphatic rings. The van der Waals surface area contributed by atoms with Gasteiger partial charge in [0.25, 0.3) is 0 Å². The number of benzene rings is 1. The minimum Gasteiger partial charge on any atom is -0.342 e. The van der Waals surface area contributed by atoms with Crippen LogP contribution in [0.4, 0.5) is 0 Å². The molecule has 1 aliphatic heterocycles. The van der Waals surface area contributed by atoms with Gasteiger partial charge in [-0.15, -0.1) is 11.6 Å². The molecular formula is C16H20ClNO. The summed E-state index contributed by atoms with van der Waals surface area (Å²) in [6, 6.07) is 10.3. The van der Waals surface area contributed by atoms with Gasteiger partial charge in [-0.25, -0.2) is 0 Å². The molecule has 3 heteroatoms. The predicted octanol–water partition coefficient (Wildman–Crippen LogP) is 3.20. The number of carbonyl (C=O) groups excluding carboxylic acids is 1. The van der Waals surface area contributed by atoms with Crippen LogP contribution in [0.2, 0.25) is 0 Å². The molecule has 3 rings (SSSR count). The zero-order chi connectivity index (χ0) is 13.3. The molecule has 0 aromatic heterocycles. The van der Waals surface area contributed by atoms with Gasteiger partial charge in [-0.2, -0.15) is 0 Å². The molecule has 19 heavy (non-hydrogen) atoms. The summed E-state index contributed by atoms with van der Waals surface area (Å²) in [6.45, 7) is 1.81. The molecule has 0 bridgehead atoms. The lowest BCUT2D eigenvalue weighted by Crippen LogP contribution is -2.37. The summed E-state index contributed by atoms with van der Waals surface area (Å²) >= 11 is 5.80. The first-order chi connectivity index (χ1) is 9.26. The van der Waals surface area contributed by atoms with E-state index in [1.165, 1.54) is 5.56 Å². The first kappa shape index (κ1) is 13.0. The summed E-state index contributed by atoms with van der Waals surface area (Å²) < 4.78 is 0. The van der Waals surface area contributed by atoms with Gasteiger partial charge < -0.3 is 4.90 Å². The number of rotatable bonds is 4. The summed E-state index contributed by atoms with van der Waals surface area (Å²) in [7, 11) is 0. The third-order valence-electron chi connectivity index (χ3n) is 4.58. The second kappa shape index (κ2) is 5.16. The lowest BCUT2D eigenvalue weighted by atomic mass is 9.94. The van der Waals surface area contributed by atoms with Gasteiger partial charge in [0.1, 0.15) is 0 Å². The highest BCUT2D eigenvalue weighted by Gasteiger charge is 2.53. The van der Waals surface area contributed by atoms with Crippen LogP contribution in [0.3, 0.4) is 0 Å². The van der Waals surface area contributed by atoms with Crippen molar-refractivity contribution in [1.82, 2.24) is 4.90 Å². The number of halogens is 1. The van der Waals surface area contributed by atoms with Crippen LogP contribution >= 0.6 is 11.6 Å². The van der Waals surface area contributed by atoms with E-state index < -0.39 is 0 Å². The second-order valence-electron chi connectivity index (χ2n) is 5.83. The van der Waals surface area contributed by atoms with Crippen LogP contribution in [0.25, 0.3) is 0 Å². The summed E-state index contributed by atoms with van der Waals surface area (Å²) in [4.78, 5) is 14.8. The summed E-state index contributed by atoms with van der Waals surface area (Å²) in [6.07, 6.45) is 4.16. The number of carbonyl (C=O) groups is 1. The van der Waals surface area contributed by atoms with Gasteiger partial charge in [0.15, 0.2) is 0 Å². The van der Waals surface area contributed by atoms with Crippen LogP contribution in [0.15, 0.2) is 30.3 Å². The number of likely N-dealkylation sites (tertiary alicyclic amines) is 1. The Hall–Kier alpha value is -1.02. The standard InChI is InChI=1S/C16H20ClNO/c17-10-6-13-7-11-18(12-13)15(19)16(8-9-16)14-4-2-1-3-5-14/h1-5,13H,6-12H2. The van der Waals surface area contributed by atoms with E-state index in [9.17, 15) is 4.79 Å². The van der Waals surface area contributed by atoms with Crippen LogP contribution in [0.5, 0.6) is 0 Å². The van der Waals surface area contributed by atoms with E-state index in [0.29, 0.717) is 17.7 Å². The fourth-order valence-electron chi connectivity index (χ4n) is 3.22. The van der Waals surface area contributed by atoms with Crippen LogP contribution in [0, 0.1) is 5.92 Å². The summed E-state index contributed by atoms with van der Waals surface area (Å²) in [5.74, 6) is 1.65. The largest absolute Gasteiger partial charge is 0.342 e. The van der Waals surface area contributed by atoms with Crippen molar-refractivity contribution in [3.8, 4) is 0 Å². The molecule has 1 aliphatic carbocycles. The van der Waals surface area contributed by atoms with Crippen molar-refractivity contribution in [3.05, 3.63) is 35.9 Å². The number of hydrogen-bond acceptors (Lipinski definition) is 1. The first-order valence-electron chi connectivity index (χ1n) is 7.17. The molecule has 1 saturated carbocycles. The van der Waals surface area contributed by atoms with E-state index >= 15 is 0 Å². The van der Waals surface area contributed by atoms with Crippen molar-refractivity contribution < 1.29 is 4.79 Å². The van der Waals surface area contributed by atoms with Gasteiger partial charge in [0.2, 0.25) is 5.91 Å². The minimum absolute atomic E-state index is 0.197. The Kier molecular flexibility index (Phi) is 3.53. The highest BCUT2D eigenvalue weighted by atomic mass is 35.5. The molecule has 1 amide bonds. The zero-order valence-corrected chi connectivity index (χ0v) is 11.9. The zero-order valence-electron chi connectivity index (χ0n) is 11.1. The monoisotopic (exact) mass is 277 g/mol. The maximum Gasteiger partial charge on any atom is 0.233 e. The van der Waals surface area contributed by atoms with Crippen LogP contribution in [-0.2, 0) is 10.2 Å². The Morgan fingerprint density at radius 2 is 2.05 bits per heavy atom. The molecule has 0 spiro atoms. The van der Waals surface area contributed by atoms with Crippen molar-refractivity contribution in [2.24, 2.45) is 5.92 Å². The van der Waals surface area contributed by atoms with Crippen molar-refractivity contribution in [1.29, 1.82) is 0 Å². The van der Waals surface area contributed by atoms with E-state index in [2.05, 4.69) is 17.0 Å². The fourth-order valence-corrected chi connectivity index (χ4v) is 3.53. The van der Waals surface area contributed by atoms with E-state index in [4.69, 9.17) is 11.6 Å². The van der Waals surface area contributed by atoms with E-state index in [1.54, 1.807) is 0 Å². The van der Waals surface area contributed by atoms with E-state index in [0.717, 1.165) is 38.8 Å². The molecule has 1 saturated heterocycles. The van der Waals surface area contributed by atoms with Gasteiger partial charge in [0, 0.05) is 19.0 Å². The molecule has 1 heterocycles. The Morgan fingerprint density at radius 1 is 1.32 bits per heavy atom. The Labute approximate surface area is 119 Å². The number of nitrogens with zero attached hydrogens (tertiary/aromatic N) is 1. The molecule has 2 fully saturated rings. The third-order valence-corrected chi connectivity index (χ3v) is 4.79. The van der Waals surface area contributed by atoms with Crippen LogP contribution in [-0.4, -0.2) is 29.8 Å². The topological polar surface area (TPSA) is 20.3 Å².